The molecular formula is C22H27N3O2. The number of carbonyl (C=O) groups excluding carboxylic acids is 1. The summed E-state index contributed by atoms with van der Waals surface area (Å²) >= 11 is 0. The Morgan fingerprint density at radius 2 is 2.07 bits per heavy atom. The van der Waals surface area contributed by atoms with Gasteiger partial charge in [-0.2, -0.15) is 0 Å². The van der Waals surface area contributed by atoms with Crippen molar-refractivity contribution in [3.05, 3.63) is 65.5 Å². The Kier molecular flexibility index (Phi) is 5.23. The number of nitrogens with one attached hydrogen (secondary N) is 2. The highest BCUT2D eigenvalue weighted by Gasteiger charge is 2.53. The highest BCUT2D eigenvalue weighted by atomic mass is 16.5. The fourth-order valence-corrected chi connectivity index (χ4v) is 4.85. The molecule has 2 aliphatic rings. The molecule has 2 heterocycles. The Labute approximate surface area is 160 Å². The molecule has 1 aromatic heterocycles. The van der Waals surface area contributed by atoms with E-state index in [4.69, 9.17) is 4.74 Å². The molecule has 2 N–H and O–H groups in total. The minimum atomic E-state index is -0.0919. The van der Waals surface area contributed by atoms with Crippen molar-refractivity contribution < 1.29 is 9.53 Å². The number of methoxy groups -OCH3 is 1. The number of aromatic nitrogens is 1. The predicted molar refractivity (Wildman–Crippen MR) is 104 cm³/mol. The summed E-state index contributed by atoms with van der Waals surface area (Å²) in [6.07, 6.45) is 6.76. The zero-order valence-electron chi connectivity index (χ0n) is 15.8. The van der Waals surface area contributed by atoms with Crippen molar-refractivity contribution in [2.24, 2.45) is 0 Å². The Bertz CT molecular complexity index is 787. The van der Waals surface area contributed by atoms with E-state index in [1.165, 1.54) is 11.1 Å². The summed E-state index contributed by atoms with van der Waals surface area (Å²) in [5, 5.41) is 6.73. The average molecular weight is 365 g/mol. The predicted octanol–water partition coefficient (Wildman–Crippen LogP) is 2.52. The van der Waals surface area contributed by atoms with Gasteiger partial charge in [0.15, 0.2) is 0 Å². The number of aryl methyl sites for hydroxylation is 1. The molecule has 1 aliphatic carbocycles. The quantitative estimate of drug-likeness (QED) is 0.855. The van der Waals surface area contributed by atoms with Gasteiger partial charge in [-0.1, -0.05) is 30.3 Å². The number of fused-ring (bicyclic) bond motifs is 2. The van der Waals surface area contributed by atoms with Crippen LogP contribution in [0, 0.1) is 0 Å². The summed E-state index contributed by atoms with van der Waals surface area (Å²) in [5.41, 5.74) is 3.62. The third-order valence-corrected chi connectivity index (χ3v) is 6.11. The Morgan fingerprint density at radius 3 is 2.81 bits per heavy atom. The average Bonchev–Trinajstić information content (AvgIpc) is 2.96. The van der Waals surface area contributed by atoms with Gasteiger partial charge in [-0.15, -0.1) is 0 Å². The van der Waals surface area contributed by atoms with E-state index in [9.17, 15) is 4.79 Å². The van der Waals surface area contributed by atoms with Crippen molar-refractivity contribution in [3.8, 4) is 0 Å². The molecule has 5 heteroatoms. The van der Waals surface area contributed by atoms with Crippen LogP contribution in [-0.4, -0.2) is 37.2 Å². The first-order valence-electron chi connectivity index (χ1n) is 9.76. The van der Waals surface area contributed by atoms with E-state index in [1.807, 2.05) is 18.3 Å². The number of benzene rings is 1. The van der Waals surface area contributed by atoms with Crippen LogP contribution in [0.4, 0.5) is 0 Å². The maximum Gasteiger partial charge on any atom is 0.220 e. The summed E-state index contributed by atoms with van der Waals surface area (Å²) in [6.45, 7) is 1.96. The third kappa shape index (κ3) is 3.37. The third-order valence-electron chi connectivity index (χ3n) is 6.11. The van der Waals surface area contributed by atoms with Crippen molar-refractivity contribution in [2.45, 2.75) is 43.2 Å². The molecule has 1 saturated heterocycles. The molecule has 0 radical (unpaired) electrons. The molecule has 0 saturated carbocycles. The Balaban J connectivity index is 1.53. The molecular weight excluding hydrogens is 338 g/mol. The van der Waals surface area contributed by atoms with Crippen molar-refractivity contribution in [1.82, 2.24) is 15.6 Å². The van der Waals surface area contributed by atoms with E-state index in [1.54, 1.807) is 13.3 Å². The minimum Gasteiger partial charge on any atom is -0.378 e. The van der Waals surface area contributed by atoms with Crippen molar-refractivity contribution in [1.29, 1.82) is 0 Å². The van der Waals surface area contributed by atoms with Gasteiger partial charge in [-0.25, -0.2) is 0 Å². The number of carbonyl (C=O) groups is 1. The topological polar surface area (TPSA) is 63.2 Å². The number of amides is 1. The fourth-order valence-electron chi connectivity index (χ4n) is 4.85. The lowest BCUT2D eigenvalue weighted by Gasteiger charge is -2.40. The number of rotatable bonds is 5. The van der Waals surface area contributed by atoms with Crippen LogP contribution in [0.25, 0.3) is 0 Å². The van der Waals surface area contributed by atoms with Gasteiger partial charge in [0, 0.05) is 31.3 Å². The number of hydrogen-bond acceptors (Lipinski definition) is 4. The van der Waals surface area contributed by atoms with Crippen LogP contribution in [-0.2, 0) is 21.4 Å². The SMILES string of the molecule is CO[C@H]1[C@H](NC(=O)CCc2cccnc2)c2ccccc2C12CCNCC2. The summed E-state index contributed by atoms with van der Waals surface area (Å²) < 4.78 is 6.01. The highest BCUT2D eigenvalue weighted by molar-refractivity contribution is 5.77. The molecule has 27 heavy (non-hydrogen) atoms. The monoisotopic (exact) mass is 365 g/mol. The second-order valence-electron chi connectivity index (χ2n) is 7.56. The van der Waals surface area contributed by atoms with E-state index in [-0.39, 0.29) is 23.5 Å². The number of hydrogen-bond donors (Lipinski definition) is 2. The van der Waals surface area contributed by atoms with Crippen LogP contribution < -0.4 is 10.6 Å². The number of ether oxygens (including phenoxy) is 1. The van der Waals surface area contributed by atoms with Crippen molar-refractivity contribution >= 4 is 5.91 Å². The molecule has 1 fully saturated rings. The lowest BCUT2D eigenvalue weighted by molar-refractivity contribution is -0.123. The zero-order valence-corrected chi connectivity index (χ0v) is 15.8. The lowest BCUT2D eigenvalue weighted by Crippen LogP contribution is -2.49. The van der Waals surface area contributed by atoms with Gasteiger partial charge < -0.3 is 15.4 Å². The number of pyridine rings is 1. The Morgan fingerprint density at radius 1 is 1.26 bits per heavy atom. The molecule has 5 nitrogen and oxygen atoms in total. The van der Waals surface area contributed by atoms with E-state index in [2.05, 4.69) is 39.9 Å². The first-order valence-corrected chi connectivity index (χ1v) is 9.76. The number of piperidine rings is 1. The van der Waals surface area contributed by atoms with E-state index >= 15 is 0 Å². The second kappa shape index (κ2) is 7.79. The van der Waals surface area contributed by atoms with Gasteiger partial charge in [-0.3, -0.25) is 9.78 Å². The first-order chi connectivity index (χ1) is 13.2. The normalized spacial score (nSPS) is 23.1. The molecule has 2 atom stereocenters. The van der Waals surface area contributed by atoms with Crippen LogP contribution in [0.3, 0.4) is 0 Å². The standard InChI is InChI=1S/C22H27N3O2/c1-27-21-20(25-19(26)9-8-16-5-4-12-24-15-16)17-6-2-3-7-18(17)22(21)10-13-23-14-11-22/h2-7,12,15,20-21,23H,8-11,13-14H2,1H3,(H,25,26)/t20-,21+/m1/s1. The van der Waals surface area contributed by atoms with Gasteiger partial charge in [0.1, 0.15) is 0 Å². The van der Waals surface area contributed by atoms with Gasteiger partial charge in [-0.05, 0) is 55.1 Å². The summed E-state index contributed by atoms with van der Waals surface area (Å²) in [5.74, 6) is 0.0618. The zero-order chi connectivity index (χ0) is 18.7. The van der Waals surface area contributed by atoms with E-state index < -0.39 is 0 Å². The smallest absolute Gasteiger partial charge is 0.220 e. The fraction of sp³-hybridized carbons (Fsp3) is 0.455. The molecule has 0 unspecified atom stereocenters. The first kappa shape index (κ1) is 18.1. The van der Waals surface area contributed by atoms with E-state index in [0.717, 1.165) is 31.5 Å². The molecule has 142 valence electrons. The van der Waals surface area contributed by atoms with Crippen LogP contribution >= 0.6 is 0 Å². The largest absolute Gasteiger partial charge is 0.378 e. The summed E-state index contributed by atoms with van der Waals surface area (Å²) in [6, 6.07) is 12.3. The highest BCUT2D eigenvalue weighted by Crippen LogP contribution is 2.51. The molecule has 4 rings (SSSR count). The van der Waals surface area contributed by atoms with Gasteiger partial charge >= 0.3 is 0 Å². The number of nitrogens with zero attached hydrogens (tertiary/aromatic N) is 1. The molecule has 1 spiro atoms. The van der Waals surface area contributed by atoms with Crippen LogP contribution in [0.5, 0.6) is 0 Å². The molecule has 1 amide bonds. The molecule has 1 aliphatic heterocycles. The molecule has 2 aromatic rings. The molecule has 1 aromatic carbocycles. The maximum atomic E-state index is 12.7. The van der Waals surface area contributed by atoms with Crippen LogP contribution in [0.1, 0.15) is 42.0 Å². The lowest BCUT2D eigenvalue weighted by atomic mass is 9.72. The summed E-state index contributed by atoms with van der Waals surface area (Å²) in [4.78, 5) is 16.8. The van der Waals surface area contributed by atoms with Crippen LogP contribution in [0.2, 0.25) is 0 Å². The van der Waals surface area contributed by atoms with Gasteiger partial charge in [0.05, 0.1) is 12.1 Å². The van der Waals surface area contributed by atoms with Gasteiger partial charge in [0.2, 0.25) is 5.91 Å². The maximum absolute atomic E-state index is 12.7. The van der Waals surface area contributed by atoms with E-state index in [0.29, 0.717) is 12.8 Å². The second-order valence-corrected chi connectivity index (χ2v) is 7.56. The van der Waals surface area contributed by atoms with Crippen molar-refractivity contribution in [2.75, 3.05) is 20.2 Å². The van der Waals surface area contributed by atoms with Crippen LogP contribution in [0.15, 0.2) is 48.8 Å². The summed E-state index contributed by atoms with van der Waals surface area (Å²) in [7, 11) is 1.77. The molecule has 0 bridgehead atoms. The van der Waals surface area contributed by atoms with Crippen molar-refractivity contribution in [3.63, 3.8) is 0 Å². The van der Waals surface area contributed by atoms with Gasteiger partial charge in [0.25, 0.3) is 0 Å². The Hall–Kier alpha value is -2.24. The minimum absolute atomic E-state index is 0.0160.